The van der Waals surface area contributed by atoms with Crippen LogP contribution < -0.4 is 5.32 Å². The van der Waals surface area contributed by atoms with E-state index < -0.39 is 24.3 Å². The maximum atomic E-state index is 12.7. The Hall–Kier alpha value is -2.61. The van der Waals surface area contributed by atoms with Gasteiger partial charge in [-0.05, 0) is 67.0 Å². The normalized spacial score (nSPS) is 20.3. The molecule has 5 nitrogen and oxygen atoms in total. The quantitative estimate of drug-likeness (QED) is 0.304. The summed E-state index contributed by atoms with van der Waals surface area (Å²) in [6.07, 6.45) is 2.82. The number of alkyl halides is 2. The Labute approximate surface area is 203 Å². The van der Waals surface area contributed by atoms with Gasteiger partial charge in [-0.15, -0.1) is 0 Å². The molecule has 3 rings (SSSR count). The van der Waals surface area contributed by atoms with Crippen molar-refractivity contribution in [3.63, 3.8) is 0 Å². The van der Waals surface area contributed by atoms with Gasteiger partial charge in [0.2, 0.25) is 0 Å². The zero-order valence-corrected chi connectivity index (χ0v) is 20.4. The Balaban J connectivity index is 1.58. The highest BCUT2D eigenvalue weighted by atomic mass is 32.2. The lowest BCUT2D eigenvalue weighted by atomic mass is 9.75. The van der Waals surface area contributed by atoms with Gasteiger partial charge in [-0.25, -0.2) is 9.59 Å². The smallest absolute Gasteiger partial charge is 0.344 e. The average molecular weight is 492 g/mol. The first kappa shape index (κ1) is 26.0. The summed E-state index contributed by atoms with van der Waals surface area (Å²) >= 11 is 0.466. The van der Waals surface area contributed by atoms with E-state index in [1.165, 1.54) is 0 Å². The summed E-state index contributed by atoms with van der Waals surface area (Å²) < 4.78 is 36.0. The second-order valence-corrected chi connectivity index (χ2v) is 10.1. The molecule has 0 aliphatic heterocycles. The number of esters is 2. The number of hydrogen-bond donors (Lipinski definition) is 1. The minimum Gasteiger partial charge on any atom is -0.460 e. The number of carbonyl (C=O) groups is 2. The van der Waals surface area contributed by atoms with Crippen molar-refractivity contribution in [2.24, 2.45) is 17.8 Å². The van der Waals surface area contributed by atoms with Gasteiger partial charge in [0.05, 0.1) is 11.3 Å². The third-order valence-corrected chi connectivity index (χ3v) is 6.79. The van der Waals surface area contributed by atoms with E-state index in [4.69, 9.17) is 9.47 Å². The van der Waals surface area contributed by atoms with Gasteiger partial charge in [-0.3, -0.25) is 0 Å². The van der Waals surface area contributed by atoms with Gasteiger partial charge >= 0.3 is 11.9 Å². The van der Waals surface area contributed by atoms with Crippen LogP contribution in [0.2, 0.25) is 0 Å². The van der Waals surface area contributed by atoms with Crippen molar-refractivity contribution in [1.82, 2.24) is 0 Å². The van der Waals surface area contributed by atoms with Gasteiger partial charge in [-0.1, -0.05) is 51.1 Å². The Morgan fingerprint density at radius 2 is 1.79 bits per heavy atom. The molecule has 0 saturated heterocycles. The number of carbonyl (C=O) groups excluding carboxylic acids is 2. The van der Waals surface area contributed by atoms with Crippen molar-refractivity contribution in [2.75, 3.05) is 11.9 Å². The molecule has 1 fully saturated rings. The maximum absolute atomic E-state index is 12.7. The van der Waals surface area contributed by atoms with Crippen LogP contribution in [0.25, 0.3) is 0 Å². The zero-order valence-electron chi connectivity index (χ0n) is 19.6. The topological polar surface area (TPSA) is 64.6 Å². The van der Waals surface area contributed by atoms with Crippen molar-refractivity contribution in [3.05, 3.63) is 54.1 Å². The molecule has 0 amide bonds. The first-order valence-electron chi connectivity index (χ1n) is 11.5. The van der Waals surface area contributed by atoms with Crippen LogP contribution >= 0.6 is 11.8 Å². The second kappa shape index (κ2) is 12.2. The summed E-state index contributed by atoms with van der Waals surface area (Å²) in [5.41, 5.74) is 1.37. The SMILES string of the molecule is CC(C)[C@@H]1CC[C@@H](C)C[C@@H]1OC(=O)COC(=O)c1ccccc1Nc1ccc(SC(F)F)cc1. The van der Waals surface area contributed by atoms with Crippen LogP contribution in [0.4, 0.5) is 20.2 Å². The fourth-order valence-electron chi connectivity index (χ4n) is 4.30. The fraction of sp³-hybridized carbons (Fsp3) is 0.462. The summed E-state index contributed by atoms with van der Waals surface area (Å²) in [4.78, 5) is 25.6. The number of para-hydroxylation sites is 1. The summed E-state index contributed by atoms with van der Waals surface area (Å²) in [7, 11) is 0. The lowest BCUT2D eigenvalue weighted by Crippen LogP contribution is -2.36. The standard InChI is InChI=1S/C26H31F2NO4S/c1-16(2)20-13-8-17(3)14-23(20)33-24(30)15-32-25(31)21-6-4-5-7-22(21)29-18-9-11-19(12-10-18)34-26(27)28/h4-7,9-12,16-17,20,23,26,29H,8,13-15H2,1-3H3/t17-,20+,23+/m1/s1. The van der Waals surface area contributed by atoms with E-state index in [2.05, 4.69) is 26.1 Å². The molecule has 0 radical (unpaired) electrons. The van der Waals surface area contributed by atoms with Gasteiger partial charge in [0.15, 0.2) is 6.61 Å². The molecular formula is C26H31F2NO4S. The highest BCUT2D eigenvalue weighted by molar-refractivity contribution is 7.99. The number of benzene rings is 2. The molecule has 0 bridgehead atoms. The largest absolute Gasteiger partial charge is 0.460 e. The fourth-order valence-corrected chi connectivity index (χ4v) is 4.80. The zero-order chi connectivity index (χ0) is 24.7. The molecular weight excluding hydrogens is 460 g/mol. The number of rotatable bonds is 9. The van der Waals surface area contributed by atoms with Crippen LogP contribution in [0.15, 0.2) is 53.4 Å². The van der Waals surface area contributed by atoms with Crippen molar-refractivity contribution < 1.29 is 27.8 Å². The molecule has 0 unspecified atom stereocenters. The van der Waals surface area contributed by atoms with E-state index >= 15 is 0 Å². The van der Waals surface area contributed by atoms with Gasteiger partial charge in [0.25, 0.3) is 5.76 Å². The van der Waals surface area contributed by atoms with Crippen LogP contribution in [-0.2, 0) is 14.3 Å². The van der Waals surface area contributed by atoms with Crippen molar-refractivity contribution in [2.45, 2.75) is 56.8 Å². The maximum Gasteiger partial charge on any atom is 0.344 e. The summed E-state index contributed by atoms with van der Waals surface area (Å²) in [6.45, 7) is 5.97. The molecule has 0 heterocycles. The average Bonchev–Trinajstić information content (AvgIpc) is 2.78. The summed E-state index contributed by atoms with van der Waals surface area (Å²) in [5, 5.41) is 3.10. The van der Waals surface area contributed by atoms with Crippen LogP contribution in [-0.4, -0.2) is 30.4 Å². The lowest BCUT2D eigenvalue weighted by Gasteiger charge is -2.36. The third-order valence-electron chi connectivity index (χ3n) is 6.07. The molecule has 3 atom stereocenters. The molecule has 0 aromatic heterocycles. The number of nitrogens with one attached hydrogen (secondary N) is 1. The number of ether oxygens (including phenoxy) is 2. The summed E-state index contributed by atoms with van der Waals surface area (Å²) in [6, 6.07) is 13.2. The minimum atomic E-state index is -2.49. The Kier molecular flexibility index (Phi) is 9.33. The summed E-state index contributed by atoms with van der Waals surface area (Å²) in [5.74, 6) is -2.46. The highest BCUT2D eigenvalue weighted by Crippen LogP contribution is 2.35. The molecule has 1 aliphatic carbocycles. The van der Waals surface area contributed by atoms with Crippen LogP contribution in [0.1, 0.15) is 50.4 Å². The molecule has 1 N–H and O–H groups in total. The number of anilines is 2. The van der Waals surface area contributed by atoms with Crippen LogP contribution in [0.3, 0.4) is 0 Å². The molecule has 184 valence electrons. The van der Waals surface area contributed by atoms with E-state index in [-0.39, 0.29) is 11.7 Å². The predicted octanol–water partition coefficient (Wildman–Crippen LogP) is 6.91. The van der Waals surface area contributed by atoms with Crippen molar-refractivity contribution >= 4 is 35.1 Å². The van der Waals surface area contributed by atoms with Crippen molar-refractivity contribution in [1.29, 1.82) is 0 Å². The predicted molar refractivity (Wildman–Crippen MR) is 130 cm³/mol. The molecule has 8 heteroatoms. The van der Waals surface area contributed by atoms with Gasteiger partial charge in [-0.2, -0.15) is 8.78 Å². The van der Waals surface area contributed by atoms with Crippen LogP contribution in [0, 0.1) is 17.8 Å². The van der Waals surface area contributed by atoms with E-state index in [0.717, 1.165) is 19.3 Å². The third kappa shape index (κ3) is 7.45. The van der Waals surface area contributed by atoms with E-state index in [1.54, 1.807) is 48.5 Å². The Morgan fingerprint density at radius 1 is 1.09 bits per heavy atom. The lowest BCUT2D eigenvalue weighted by molar-refractivity contribution is -0.159. The first-order valence-corrected chi connectivity index (χ1v) is 12.4. The number of halogens is 2. The monoisotopic (exact) mass is 491 g/mol. The Morgan fingerprint density at radius 3 is 2.47 bits per heavy atom. The van der Waals surface area contributed by atoms with Crippen molar-refractivity contribution in [3.8, 4) is 0 Å². The molecule has 1 aliphatic rings. The van der Waals surface area contributed by atoms with E-state index in [1.807, 2.05) is 0 Å². The molecule has 1 saturated carbocycles. The number of thioether (sulfide) groups is 1. The second-order valence-electron chi connectivity index (χ2n) is 9.00. The highest BCUT2D eigenvalue weighted by Gasteiger charge is 2.33. The van der Waals surface area contributed by atoms with Gasteiger partial charge in [0, 0.05) is 10.6 Å². The molecule has 34 heavy (non-hydrogen) atoms. The number of hydrogen-bond acceptors (Lipinski definition) is 6. The van der Waals surface area contributed by atoms with Gasteiger partial charge in [0.1, 0.15) is 6.10 Å². The van der Waals surface area contributed by atoms with Crippen LogP contribution in [0.5, 0.6) is 0 Å². The minimum absolute atomic E-state index is 0.157. The molecule has 2 aromatic rings. The van der Waals surface area contributed by atoms with Gasteiger partial charge < -0.3 is 14.8 Å². The molecule has 2 aromatic carbocycles. The van der Waals surface area contributed by atoms with E-state index in [0.29, 0.717) is 45.8 Å². The molecule has 0 spiro atoms. The Bertz CT molecular complexity index is 968. The van der Waals surface area contributed by atoms with E-state index in [9.17, 15) is 18.4 Å². The first-order chi connectivity index (χ1) is 16.2.